The minimum absolute atomic E-state index is 0.346. The molecule has 0 fully saturated rings. The van der Waals surface area contributed by atoms with Crippen LogP contribution in [0, 0.1) is 12.3 Å². The normalized spacial score (nSPS) is 10.1. The van der Waals surface area contributed by atoms with E-state index in [1.165, 1.54) is 24.6 Å². The number of ether oxygens (including phenoxy) is 1. The molecule has 2 aromatic carbocycles. The summed E-state index contributed by atoms with van der Waals surface area (Å²) in [5.41, 5.74) is 2.71. The van der Waals surface area contributed by atoms with Crippen LogP contribution in [0.4, 0.5) is 5.69 Å². The first-order chi connectivity index (χ1) is 10.5. The molecular formula is C16H15BrN2O2S. The molecular weight excluding hydrogens is 364 g/mol. The summed E-state index contributed by atoms with van der Waals surface area (Å²) in [5.74, 6) is -0.469. The molecule has 0 spiro atoms. The number of hydrogen-bond donors (Lipinski definition) is 2. The molecule has 0 bridgehead atoms. The van der Waals surface area contributed by atoms with Gasteiger partial charge in [0.2, 0.25) is 0 Å². The van der Waals surface area contributed by atoms with Crippen LogP contribution in [0.3, 0.4) is 0 Å². The summed E-state index contributed by atoms with van der Waals surface area (Å²) < 4.78 is 8.70. The Morgan fingerprint density at radius 1 is 1.32 bits per heavy atom. The predicted octanol–water partition coefficient (Wildman–Crippen LogP) is 4.66. The van der Waals surface area contributed by atoms with Gasteiger partial charge in [-0.05, 0) is 43.1 Å². The number of methoxy groups -OCH3 is 1. The second-order valence-corrected chi connectivity index (χ2v) is 6.36. The van der Waals surface area contributed by atoms with Crippen LogP contribution in [0.2, 0.25) is 0 Å². The second-order valence-electron chi connectivity index (χ2n) is 4.57. The first kappa shape index (κ1) is 16.6. The maximum Gasteiger partial charge on any atom is 0.338 e. The lowest BCUT2D eigenvalue weighted by atomic mass is 10.1. The van der Waals surface area contributed by atoms with E-state index >= 15 is 0 Å². The zero-order valence-electron chi connectivity index (χ0n) is 12.1. The van der Waals surface area contributed by atoms with Gasteiger partial charge in [-0.2, -0.15) is 0 Å². The Bertz CT molecular complexity index is 702. The number of nitrogens with one attached hydrogen (secondary N) is 2. The zero-order valence-corrected chi connectivity index (χ0v) is 14.5. The van der Waals surface area contributed by atoms with E-state index in [0.717, 1.165) is 15.6 Å². The smallest absolute Gasteiger partial charge is 0.338 e. The number of aryl methyl sites for hydroxylation is 1. The van der Waals surface area contributed by atoms with Gasteiger partial charge in [0, 0.05) is 21.1 Å². The van der Waals surface area contributed by atoms with Crippen LogP contribution in [-0.4, -0.2) is 19.3 Å². The van der Waals surface area contributed by atoms with Crippen LogP contribution >= 0.6 is 27.9 Å². The molecule has 0 aliphatic rings. The Hall–Kier alpha value is -1.79. The number of anilines is 1. The molecule has 0 amide bonds. The third kappa shape index (κ3) is 3.90. The average Bonchev–Trinajstić information content (AvgIpc) is 2.53. The van der Waals surface area contributed by atoms with Crippen molar-refractivity contribution < 1.29 is 9.53 Å². The zero-order chi connectivity index (χ0) is 16.1. The van der Waals surface area contributed by atoms with Gasteiger partial charge < -0.3 is 14.9 Å². The molecule has 0 heterocycles. The fourth-order valence-corrected chi connectivity index (χ4v) is 2.98. The molecule has 0 atom stereocenters. The summed E-state index contributed by atoms with van der Waals surface area (Å²) in [6.07, 6.45) is 1.15. The van der Waals surface area contributed by atoms with E-state index in [0.29, 0.717) is 16.8 Å². The molecule has 0 radical (unpaired) electrons. The minimum atomic E-state index is -0.469. The molecule has 0 aliphatic carbocycles. The van der Waals surface area contributed by atoms with Crippen LogP contribution in [0.1, 0.15) is 21.5 Å². The molecule has 6 heteroatoms. The van der Waals surface area contributed by atoms with Gasteiger partial charge in [-0.3, -0.25) is 0 Å². The third-order valence-corrected chi connectivity index (χ3v) is 4.28. The van der Waals surface area contributed by atoms with Gasteiger partial charge in [0.25, 0.3) is 0 Å². The van der Waals surface area contributed by atoms with Crippen molar-refractivity contribution >= 4 is 45.7 Å². The molecule has 2 aromatic rings. The summed E-state index contributed by atoms with van der Waals surface area (Å²) >= 11 is 4.80. The van der Waals surface area contributed by atoms with Crippen molar-refractivity contribution in [3.8, 4) is 0 Å². The van der Waals surface area contributed by atoms with Crippen molar-refractivity contribution in [3.63, 3.8) is 0 Å². The molecule has 2 N–H and O–H groups in total. The fraction of sp³-hybridized carbons (Fsp3) is 0.125. The summed E-state index contributed by atoms with van der Waals surface area (Å²) in [4.78, 5) is 12.9. The summed E-state index contributed by atoms with van der Waals surface area (Å²) in [7, 11) is 1.32. The summed E-state index contributed by atoms with van der Waals surface area (Å²) in [6.45, 7) is 2.03. The highest BCUT2D eigenvalue weighted by Crippen LogP contribution is 2.29. The lowest BCUT2D eigenvalue weighted by Crippen LogP contribution is -2.07. The molecule has 22 heavy (non-hydrogen) atoms. The number of rotatable bonds is 5. The first-order valence-corrected chi connectivity index (χ1v) is 8.08. The molecule has 0 aliphatic heterocycles. The van der Waals surface area contributed by atoms with Crippen molar-refractivity contribution in [2.75, 3.05) is 11.8 Å². The van der Waals surface area contributed by atoms with Crippen LogP contribution < -0.4 is 4.72 Å². The van der Waals surface area contributed by atoms with Gasteiger partial charge in [-0.1, -0.05) is 33.6 Å². The van der Waals surface area contributed by atoms with Gasteiger partial charge in [0.05, 0.1) is 18.4 Å². The standard InChI is InChI=1S/C16H15BrN2O2S/c1-10-3-5-12(6-4-10)22-19-15-8-11(17)7-13(14(15)9-18)16(20)21-2/h3-9,18-19H,1-2H3. The van der Waals surface area contributed by atoms with Gasteiger partial charge >= 0.3 is 5.97 Å². The number of benzene rings is 2. The molecule has 2 rings (SSSR count). The van der Waals surface area contributed by atoms with Crippen molar-refractivity contribution in [3.05, 3.63) is 57.6 Å². The lowest BCUT2D eigenvalue weighted by Gasteiger charge is -2.12. The SMILES string of the molecule is COC(=O)c1cc(Br)cc(NSc2ccc(C)cc2)c1C=N. The molecule has 4 nitrogen and oxygen atoms in total. The van der Waals surface area contributed by atoms with Crippen molar-refractivity contribution in [2.45, 2.75) is 11.8 Å². The van der Waals surface area contributed by atoms with Gasteiger partial charge in [-0.25, -0.2) is 4.79 Å². The number of esters is 1. The van der Waals surface area contributed by atoms with Crippen molar-refractivity contribution in [1.82, 2.24) is 0 Å². The van der Waals surface area contributed by atoms with Crippen molar-refractivity contribution in [2.24, 2.45) is 0 Å². The molecule has 114 valence electrons. The van der Waals surface area contributed by atoms with Crippen LogP contribution in [0.15, 0.2) is 45.8 Å². The van der Waals surface area contributed by atoms with E-state index in [-0.39, 0.29) is 0 Å². The average molecular weight is 379 g/mol. The summed E-state index contributed by atoms with van der Waals surface area (Å²) in [5, 5.41) is 7.58. The Labute approximate surface area is 142 Å². The van der Waals surface area contributed by atoms with E-state index in [1.807, 2.05) is 37.3 Å². The molecule has 0 saturated carbocycles. The molecule has 0 aromatic heterocycles. The highest BCUT2D eigenvalue weighted by atomic mass is 79.9. The maximum atomic E-state index is 11.8. The van der Waals surface area contributed by atoms with E-state index in [1.54, 1.807) is 6.07 Å². The highest BCUT2D eigenvalue weighted by molar-refractivity contribution is 9.10. The Kier molecular flexibility index (Phi) is 5.63. The monoisotopic (exact) mass is 378 g/mol. The fourth-order valence-electron chi connectivity index (χ4n) is 1.86. The van der Waals surface area contributed by atoms with Gasteiger partial charge in [0.1, 0.15) is 0 Å². The van der Waals surface area contributed by atoms with Crippen LogP contribution in [0.5, 0.6) is 0 Å². The number of carbonyl (C=O) groups is 1. The van der Waals surface area contributed by atoms with E-state index < -0.39 is 5.97 Å². The van der Waals surface area contributed by atoms with Crippen LogP contribution in [0.25, 0.3) is 0 Å². The number of carbonyl (C=O) groups excluding carboxylic acids is 1. The maximum absolute atomic E-state index is 11.8. The molecule has 0 saturated heterocycles. The van der Waals surface area contributed by atoms with Gasteiger partial charge in [-0.15, -0.1) is 0 Å². The largest absolute Gasteiger partial charge is 0.465 e. The Morgan fingerprint density at radius 3 is 2.59 bits per heavy atom. The predicted molar refractivity (Wildman–Crippen MR) is 94.0 cm³/mol. The highest BCUT2D eigenvalue weighted by Gasteiger charge is 2.15. The Balaban J connectivity index is 2.29. The summed E-state index contributed by atoms with van der Waals surface area (Å²) in [6, 6.07) is 11.6. The van der Waals surface area contributed by atoms with Crippen molar-refractivity contribution in [1.29, 1.82) is 5.41 Å². The number of halogens is 1. The topological polar surface area (TPSA) is 62.2 Å². The number of hydrogen-bond acceptors (Lipinski definition) is 5. The van der Waals surface area contributed by atoms with E-state index in [2.05, 4.69) is 20.7 Å². The second kappa shape index (κ2) is 7.47. The first-order valence-electron chi connectivity index (χ1n) is 6.47. The van der Waals surface area contributed by atoms with E-state index in [9.17, 15) is 4.79 Å². The Morgan fingerprint density at radius 2 is 2.00 bits per heavy atom. The third-order valence-electron chi connectivity index (χ3n) is 2.99. The van der Waals surface area contributed by atoms with E-state index in [4.69, 9.17) is 10.1 Å². The lowest BCUT2D eigenvalue weighted by molar-refractivity contribution is 0.0600. The van der Waals surface area contributed by atoms with Gasteiger partial charge in [0.15, 0.2) is 0 Å². The quantitative estimate of drug-likeness (QED) is 0.451. The van der Waals surface area contributed by atoms with Crippen LogP contribution in [-0.2, 0) is 4.74 Å². The minimum Gasteiger partial charge on any atom is -0.465 e. The molecule has 0 unspecified atom stereocenters.